The Hall–Kier alpha value is -3.05. The number of hydrogen-bond donors (Lipinski definition) is 0. The highest BCUT2D eigenvalue weighted by atomic mass is 16.5. The van der Waals surface area contributed by atoms with Gasteiger partial charge in [0, 0.05) is 18.8 Å². The Morgan fingerprint density at radius 3 is 2.61 bits per heavy atom. The average molecular weight is 381 g/mol. The lowest BCUT2D eigenvalue weighted by molar-refractivity contribution is 0.369. The molecule has 0 amide bonds. The van der Waals surface area contributed by atoms with E-state index in [1.54, 1.807) is 24.2 Å². The van der Waals surface area contributed by atoms with E-state index in [4.69, 9.17) is 4.74 Å². The first-order valence-electron chi connectivity index (χ1n) is 9.63. The number of aromatic nitrogens is 5. The third-order valence-corrected chi connectivity index (χ3v) is 5.21. The van der Waals surface area contributed by atoms with Crippen molar-refractivity contribution < 1.29 is 4.74 Å². The number of nitrogens with zero attached hydrogens (tertiary/aromatic N) is 5. The third-order valence-electron chi connectivity index (χ3n) is 5.21. The molecule has 7 nitrogen and oxygen atoms in total. The summed E-state index contributed by atoms with van der Waals surface area (Å²) in [4.78, 5) is 22.1. The third kappa shape index (κ3) is 3.29. The van der Waals surface area contributed by atoms with Crippen molar-refractivity contribution in [3.05, 3.63) is 59.0 Å². The number of aryl methyl sites for hydroxylation is 1. The Morgan fingerprint density at radius 2 is 2.00 bits per heavy atom. The molecule has 0 aromatic carbocycles. The van der Waals surface area contributed by atoms with E-state index in [0.717, 1.165) is 36.1 Å². The van der Waals surface area contributed by atoms with Crippen molar-refractivity contribution in [2.45, 2.75) is 52.7 Å². The molecule has 28 heavy (non-hydrogen) atoms. The molecule has 148 valence electrons. The summed E-state index contributed by atoms with van der Waals surface area (Å²) in [6.45, 7) is 11.2. The Kier molecular flexibility index (Phi) is 5.85. The number of rotatable bonds is 8. The quantitative estimate of drug-likeness (QED) is 0.442. The van der Waals surface area contributed by atoms with Crippen molar-refractivity contribution >= 4 is 16.8 Å². The van der Waals surface area contributed by atoms with Gasteiger partial charge in [-0.1, -0.05) is 26.2 Å². The number of pyridine rings is 1. The minimum absolute atomic E-state index is 0.0342. The molecule has 0 N–H and O–H groups in total. The van der Waals surface area contributed by atoms with E-state index in [0.29, 0.717) is 18.0 Å². The molecule has 0 aliphatic carbocycles. The highest BCUT2D eigenvalue weighted by Gasteiger charge is 2.21. The fraction of sp³-hybridized carbons (Fsp3) is 0.429. The fourth-order valence-corrected chi connectivity index (χ4v) is 3.65. The summed E-state index contributed by atoms with van der Waals surface area (Å²) in [5, 5.41) is 0. The molecular formula is C21H27N5O2. The number of imidazole rings is 2. The second-order valence-electron chi connectivity index (χ2n) is 6.65. The summed E-state index contributed by atoms with van der Waals surface area (Å²) in [6.07, 6.45) is 7.09. The summed E-state index contributed by atoms with van der Waals surface area (Å²) in [5.41, 5.74) is 5.95. The number of ether oxygens (including phenoxy) is 1. The summed E-state index contributed by atoms with van der Waals surface area (Å²) in [6, 6.07) is 2.00. The molecule has 0 radical (unpaired) electrons. The van der Waals surface area contributed by atoms with Crippen LogP contribution in [-0.2, 0) is 17.8 Å². The number of hydrogen-bond acceptors (Lipinski definition) is 4. The topological polar surface area (TPSA) is 66.9 Å². The van der Waals surface area contributed by atoms with Crippen LogP contribution in [0.1, 0.15) is 51.0 Å². The molecule has 0 saturated carbocycles. The van der Waals surface area contributed by atoms with Gasteiger partial charge in [-0.2, -0.15) is 0 Å². The van der Waals surface area contributed by atoms with Gasteiger partial charge in [0.05, 0.1) is 42.9 Å². The van der Waals surface area contributed by atoms with Crippen molar-refractivity contribution in [1.82, 2.24) is 23.7 Å². The van der Waals surface area contributed by atoms with Gasteiger partial charge in [0.15, 0.2) is 5.76 Å². The van der Waals surface area contributed by atoms with E-state index in [1.807, 2.05) is 21.4 Å². The minimum Gasteiger partial charge on any atom is -0.487 e. The Labute approximate surface area is 164 Å². The fourth-order valence-electron chi connectivity index (χ4n) is 3.65. The summed E-state index contributed by atoms with van der Waals surface area (Å²) in [7, 11) is 1.56. The second kappa shape index (κ2) is 8.31. The highest BCUT2D eigenvalue weighted by molar-refractivity contribution is 5.78. The maximum atomic E-state index is 13.4. The Bertz CT molecular complexity index is 1080. The van der Waals surface area contributed by atoms with Gasteiger partial charge in [0.1, 0.15) is 5.69 Å². The molecule has 3 heterocycles. The van der Waals surface area contributed by atoms with Crippen molar-refractivity contribution in [1.29, 1.82) is 0 Å². The molecule has 3 rings (SSSR count). The molecular weight excluding hydrogens is 354 g/mol. The molecule has 3 aromatic heterocycles. The monoisotopic (exact) mass is 381 g/mol. The van der Waals surface area contributed by atoms with Crippen LogP contribution in [0, 0.1) is 0 Å². The van der Waals surface area contributed by atoms with E-state index >= 15 is 0 Å². The maximum Gasteiger partial charge on any atom is 0.329 e. The molecule has 0 atom stereocenters. The lowest BCUT2D eigenvalue weighted by Crippen LogP contribution is -2.28. The zero-order chi connectivity index (χ0) is 20.3. The molecule has 0 spiro atoms. The smallest absolute Gasteiger partial charge is 0.329 e. The molecule has 0 fully saturated rings. The van der Waals surface area contributed by atoms with Gasteiger partial charge >= 0.3 is 5.69 Å². The molecule has 0 bridgehead atoms. The van der Waals surface area contributed by atoms with Gasteiger partial charge < -0.3 is 9.30 Å². The van der Waals surface area contributed by atoms with Crippen LogP contribution in [0.2, 0.25) is 0 Å². The van der Waals surface area contributed by atoms with E-state index < -0.39 is 0 Å². The van der Waals surface area contributed by atoms with E-state index in [1.165, 1.54) is 0 Å². The summed E-state index contributed by atoms with van der Waals surface area (Å²) in [5.74, 6) is 0.454. The summed E-state index contributed by atoms with van der Waals surface area (Å²) < 4.78 is 11.0. The van der Waals surface area contributed by atoms with Crippen LogP contribution in [0.3, 0.4) is 0 Å². The Balaban J connectivity index is 2.27. The lowest BCUT2D eigenvalue weighted by atomic mass is 10.1. The van der Waals surface area contributed by atoms with E-state index in [2.05, 4.69) is 43.0 Å². The van der Waals surface area contributed by atoms with Gasteiger partial charge in [0.25, 0.3) is 0 Å². The zero-order valence-electron chi connectivity index (χ0n) is 17.0. The van der Waals surface area contributed by atoms with Gasteiger partial charge in [-0.05, 0) is 25.8 Å². The normalized spacial score (nSPS) is 11.2. The summed E-state index contributed by atoms with van der Waals surface area (Å²) >= 11 is 0. The average Bonchev–Trinajstić information content (AvgIpc) is 3.28. The maximum absolute atomic E-state index is 13.4. The van der Waals surface area contributed by atoms with E-state index in [-0.39, 0.29) is 11.7 Å². The first kappa shape index (κ1) is 19.7. The molecule has 0 saturated heterocycles. The number of methoxy groups -OCH3 is 1. The lowest BCUT2D eigenvalue weighted by Gasteiger charge is -2.14. The van der Waals surface area contributed by atoms with Crippen LogP contribution in [0.25, 0.3) is 16.8 Å². The first-order valence-corrected chi connectivity index (χ1v) is 9.63. The molecule has 0 aliphatic heterocycles. The van der Waals surface area contributed by atoms with Crippen LogP contribution >= 0.6 is 0 Å². The van der Waals surface area contributed by atoms with Crippen LogP contribution in [0.15, 0.2) is 41.9 Å². The standard InChI is InChI=1S/C21H27N5O2/c1-6-15(7-2)26-19-12-23-17(20(8-3)28-5)10-18(19)25(21(26)27)13-16-11-22-14-24(16)9-4/h10-12,14-15H,3,6-7,9,13H2,1-2,4-5H3. The predicted molar refractivity (Wildman–Crippen MR) is 110 cm³/mol. The first-order chi connectivity index (χ1) is 13.6. The molecule has 3 aromatic rings. The van der Waals surface area contributed by atoms with Gasteiger partial charge in [-0.25, -0.2) is 14.8 Å². The molecule has 0 unspecified atom stereocenters. The van der Waals surface area contributed by atoms with Crippen molar-refractivity contribution in [2.24, 2.45) is 0 Å². The van der Waals surface area contributed by atoms with Gasteiger partial charge in [-0.3, -0.25) is 9.13 Å². The predicted octanol–water partition coefficient (Wildman–Crippen LogP) is 3.60. The van der Waals surface area contributed by atoms with Gasteiger partial charge in [0.2, 0.25) is 0 Å². The van der Waals surface area contributed by atoms with Crippen molar-refractivity contribution in [3.8, 4) is 0 Å². The van der Waals surface area contributed by atoms with Crippen molar-refractivity contribution in [3.63, 3.8) is 0 Å². The largest absolute Gasteiger partial charge is 0.487 e. The number of fused-ring (bicyclic) bond motifs is 1. The van der Waals surface area contributed by atoms with Crippen LogP contribution in [-0.4, -0.2) is 30.8 Å². The van der Waals surface area contributed by atoms with E-state index in [9.17, 15) is 4.79 Å². The SMILES string of the molecule is C=C=C(OC)c1cc2c(cn1)n(C(CC)CC)c(=O)n2Cc1cncn1CC. The van der Waals surface area contributed by atoms with Gasteiger partial charge in [-0.15, -0.1) is 0 Å². The Morgan fingerprint density at radius 1 is 1.25 bits per heavy atom. The molecule has 0 aliphatic rings. The zero-order valence-corrected chi connectivity index (χ0v) is 17.0. The van der Waals surface area contributed by atoms with Crippen LogP contribution < -0.4 is 5.69 Å². The molecule has 7 heteroatoms. The minimum atomic E-state index is -0.0342. The second-order valence-corrected chi connectivity index (χ2v) is 6.65. The highest BCUT2D eigenvalue weighted by Crippen LogP contribution is 2.24. The van der Waals surface area contributed by atoms with Crippen LogP contribution in [0.5, 0.6) is 0 Å². The van der Waals surface area contributed by atoms with Crippen molar-refractivity contribution in [2.75, 3.05) is 7.11 Å². The van der Waals surface area contributed by atoms with Crippen LogP contribution in [0.4, 0.5) is 0 Å².